The van der Waals surface area contributed by atoms with Crippen LogP contribution in [0.4, 0.5) is 13.2 Å². The number of halogens is 3. The Balaban J connectivity index is 1.42. The van der Waals surface area contributed by atoms with Gasteiger partial charge in [-0.3, -0.25) is 9.59 Å². The zero-order valence-corrected chi connectivity index (χ0v) is 21.5. The lowest BCUT2D eigenvalue weighted by atomic mass is 9.76. The van der Waals surface area contributed by atoms with Crippen molar-refractivity contribution in [3.8, 4) is 0 Å². The molecule has 0 radical (unpaired) electrons. The molecule has 1 aromatic carbocycles. The summed E-state index contributed by atoms with van der Waals surface area (Å²) >= 11 is 1.43. The van der Waals surface area contributed by atoms with E-state index in [-0.39, 0.29) is 17.5 Å². The number of benzene rings is 1. The Morgan fingerprint density at radius 3 is 2.68 bits per heavy atom. The highest BCUT2D eigenvalue weighted by Crippen LogP contribution is 2.41. The highest BCUT2D eigenvalue weighted by Gasteiger charge is 2.38. The van der Waals surface area contributed by atoms with Gasteiger partial charge in [0.2, 0.25) is 5.91 Å². The van der Waals surface area contributed by atoms with Gasteiger partial charge < -0.3 is 25.9 Å². The number of hydrogen-bond donors (Lipinski definition) is 4. The molecule has 1 aliphatic rings. The number of aliphatic hydroxyl groups is 1. The fourth-order valence-electron chi connectivity index (χ4n) is 4.36. The fourth-order valence-corrected chi connectivity index (χ4v) is 5.39. The van der Waals surface area contributed by atoms with Crippen molar-refractivity contribution in [3.05, 3.63) is 51.5 Å². The van der Waals surface area contributed by atoms with Gasteiger partial charge in [-0.2, -0.15) is 13.2 Å². The molecule has 1 aromatic heterocycles. The number of hydrogen-bond acceptors (Lipinski definition) is 7. The van der Waals surface area contributed by atoms with Gasteiger partial charge >= 0.3 is 6.18 Å². The molecule has 0 aliphatic heterocycles. The SMILES string of the molecule is COCc1cnc(C2(O)CCC(C(=N)C[C@@H](C)NC(=O)CNC(=O)c3cccc(C(F)(F)F)c3)CC2)s1. The number of ether oxygens (including phenoxy) is 1. The number of carbonyl (C=O) groups excluding carboxylic acids is 2. The van der Waals surface area contributed by atoms with Gasteiger partial charge in [0.15, 0.2) is 0 Å². The average molecular weight is 541 g/mol. The van der Waals surface area contributed by atoms with Crippen LogP contribution in [0.25, 0.3) is 0 Å². The summed E-state index contributed by atoms with van der Waals surface area (Å²) in [6.07, 6.45) is -0.318. The number of nitrogens with one attached hydrogen (secondary N) is 3. The van der Waals surface area contributed by atoms with Crippen molar-refractivity contribution in [2.45, 2.75) is 63.5 Å². The third-order valence-electron chi connectivity index (χ3n) is 6.34. The maximum absolute atomic E-state index is 12.8. The predicted octanol–water partition coefficient (Wildman–Crippen LogP) is 4.03. The maximum Gasteiger partial charge on any atom is 0.416 e. The molecule has 202 valence electrons. The molecule has 8 nitrogen and oxygen atoms in total. The van der Waals surface area contributed by atoms with E-state index in [1.54, 1.807) is 20.2 Å². The molecule has 1 atom stereocenters. The molecule has 1 heterocycles. The zero-order valence-electron chi connectivity index (χ0n) is 20.7. The highest BCUT2D eigenvalue weighted by atomic mass is 32.1. The molecule has 0 bridgehead atoms. The molecule has 1 saturated carbocycles. The minimum Gasteiger partial charge on any atom is -0.383 e. The molecule has 4 N–H and O–H groups in total. The number of alkyl halides is 3. The van der Waals surface area contributed by atoms with Gasteiger partial charge in [-0.25, -0.2) is 4.98 Å². The number of carbonyl (C=O) groups is 2. The summed E-state index contributed by atoms with van der Waals surface area (Å²) in [7, 11) is 1.60. The molecule has 1 fully saturated rings. The van der Waals surface area contributed by atoms with E-state index >= 15 is 0 Å². The van der Waals surface area contributed by atoms with E-state index in [1.165, 1.54) is 17.4 Å². The summed E-state index contributed by atoms with van der Waals surface area (Å²) in [4.78, 5) is 29.7. The molecular formula is C25H31F3N4O4S. The van der Waals surface area contributed by atoms with Gasteiger partial charge in [0.1, 0.15) is 10.6 Å². The first kappa shape index (κ1) is 28.7. The predicted molar refractivity (Wildman–Crippen MR) is 132 cm³/mol. The van der Waals surface area contributed by atoms with Crippen molar-refractivity contribution in [2.75, 3.05) is 13.7 Å². The number of nitrogens with zero attached hydrogens (tertiary/aromatic N) is 1. The van der Waals surface area contributed by atoms with Crippen molar-refractivity contribution >= 4 is 28.9 Å². The molecular weight excluding hydrogens is 509 g/mol. The van der Waals surface area contributed by atoms with Gasteiger partial charge in [0.25, 0.3) is 5.91 Å². The van der Waals surface area contributed by atoms with E-state index in [2.05, 4.69) is 15.6 Å². The van der Waals surface area contributed by atoms with Crippen LogP contribution >= 0.6 is 11.3 Å². The monoisotopic (exact) mass is 540 g/mol. The quantitative estimate of drug-likeness (QED) is 0.339. The maximum atomic E-state index is 12.8. The third kappa shape index (κ3) is 7.83. The van der Waals surface area contributed by atoms with E-state index in [9.17, 15) is 27.9 Å². The molecule has 0 unspecified atom stereocenters. The van der Waals surface area contributed by atoms with Gasteiger partial charge in [-0.15, -0.1) is 11.3 Å². The number of methoxy groups -OCH3 is 1. The van der Waals surface area contributed by atoms with Crippen LogP contribution < -0.4 is 10.6 Å². The van der Waals surface area contributed by atoms with Gasteiger partial charge in [0.05, 0.1) is 23.6 Å². The van der Waals surface area contributed by atoms with Crippen LogP contribution in [-0.2, 0) is 27.9 Å². The van der Waals surface area contributed by atoms with Crippen LogP contribution in [0.5, 0.6) is 0 Å². The summed E-state index contributed by atoms with van der Waals surface area (Å²) in [5.74, 6) is -1.31. The fraction of sp³-hybridized carbons (Fsp3) is 0.520. The average Bonchev–Trinajstić information content (AvgIpc) is 3.32. The van der Waals surface area contributed by atoms with Gasteiger partial charge in [0, 0.05) is 37.0 Å². The first-order valence-electron chi connectivity index (χ1n) is 11.9. The third-order valence-corrected chi connectivity index (χ3v) is 7.50. The first-order valence-corrected chi connectivity index (χ1v) is 12.7. The number of thiazole rings is 1. The van der Waals surface area contributed by atoms with E-state index < -0.39 is 35.7 Å². The number of rotatable bonds is 10. The van der Waals surface area contributed by atoms with E-state index in [0.717, 1.165) is 23.1 Å². The van der Waals surface area contributed by atoms with E-state index in [4.69, 9.17) is 10.1 Å². The Hall–Kier alpha value is -2.83. The summed E-state index contributed by atoms with van der Waals surface area (Å²) in [5.41, 5.74) is -1.67. The molecule has 1 aliphatic carbocycles. The minimum atomic E-state index is -4.57. The standard InChI is InChI=1S/C25H31F3N4O4S/c1-15(32-21(33)13-30-22(34)17-4-3-5-18(11-17)25(26,27)28)10-20(29)16-6-8-24(35,9-7-16)23-31-12-19(37-23)14-36-2/h3-5,11-12,15-16,29,35H,6-10,13-14H2,1-2H3,(H,30,34)(H,32,33)/t15-,16?,24?/m1/s1. The second-order valence-corrected chi connectivity index (χ2v) is 10.4. The van der Waals surface area contributed by atoms with Gasteiger partial charge in [-0.05, 0) is 56.7 Å². The van der Waals surface area contributed by atoms with Crippen molar-refractivity contribution in [1.29, 1.82) is 5.41 Å². The van der Waals surface area contributed by atoms with Crippen molar-refractivity contribution in [3.63, 3.8) is 0 Å². The Bertz CT molecular complexity index is 1110. The lowest BCUT2D eigenvalue weighted by molar-refractivity contribution is -0.137. The van der Waals surface area contributed by atoms with Crippen LogP contribution in [0, 0.1) is 11.3 Å². The van der Waals surface area contributed by atoms with Crippen LogP contribution in [0.1, 0.15) is 64.8 Å². The van der Waals surface area contributed by atoms with Crippen molar-refractivity contribution in [1.82, 2.24) is 15.6 Å². The second-order valence-electron chi connectivity index (χ2n) is 9.33. The van der Waals surface area contributed by atoms with Crippen molar-refractivity contribution in [2.24, 2.45) is 5.92 Å². The largest absolute Gasteiger partial charge is 0.416 e. The molecule has 2 amide bonds. The van der Waals surface area contributed by atoms with Crippen LogP contribution in [-0.4, -0.2) is 47.3 Å². The molecule has 37 heavy (non-hydrogen) atoms. The minimum absolute atomic E-state index is 0.0151. The highest BCUT2D eigenvalue weighted by molar-refractivity contribution is 7.11. The molecule has 0 saturated heterocycles. The second kappa shape index (κ2) is 12.1. The van der Waals surface area contributed by atoms with E-state index in [1.807, 2.05) is 0 Å². The van der Waals surface area contributed by atoms with Crippen LogP contribution in [0.3, 0.4) is 0 Å². The molecule has 12 heteroatoms. The number of aromatic nitrogens is 1. The summed E-state index contributed by atoms with van der Waals surface area (Å²) in [5, 5.41) is 25.2. The Morgan fingerprint density at radius 1 is 1.32 bits per heavy atom. The lowest BCUT2D eigenvalue weighted by Crippen LogP contribution is -2.42. The first-order chi connectivity index (χ1) is 17.4. The molecule has 3 rings (SSSR count). The zero-order chi connectivity index (χ0) is 27.2. The Kier molecular flexibility index (Phi) is 9.43. The normalized spacial score (nSPS) is 20.8. The van der Waals surface area contributed by atoms with Crippen LogP contribution in [0.2, 0.25) is 0 Å². The lowest BCUT2D eigenvalue weighted by Gasteiger charge is -2.35. The number of amides is 2. The summed E-state index contributed by atoms with van der Waals surface area (Å²) in [6, 6.07) is 3.60. The van der Waals surface area contributed by atoms with Gasteiger partial charge in [-0.1, -0.05) is 6.07 Å². The van der Waals surface area contributed by atoms with Crippen LogP contribution in [0.15, 0.2) is 30.5 Å². The summed E-state index contributed by atoms with van der Waals surface area (Å²) < 4.78 is 43.6. The molecule has 0 spiro atoms. The Labute approximate surface area is 217 Å². The summed E-state index contributed by atoms with van der Waals surface area (Å²) in [6.45, 7) is 1.79. The smallest absolute Gasteiger partial charge is 0.383 e. The topological polar surface area (TPSA) is 124 Å². The Morgan fingerprint density at radius 2 is 2.03 bits per heavy atom. The van der Waals surface area contributed by atoms with Crippen molar-refractivity contribution < 1.29 is 32.6 Å². The molecule has 2 aromatic rings. The van der Waals surface area contributed by atoms with E-state index in [0.29, 0.717) is 49.4 Å².